The van der Waals surface area contributed by atoms with Gasteiger partial charge in [-0.05, 0) is 18.6 Å². The van der Waals surface area contributed by atoms with Crippen LogP contribution in [-0.2, 0) is 0 Å². The second kappa shape index (κ2) is 1.99. The first kappa shape index (κ1) is 6.22. The van der Waals surface area contributed by atoms with Gasteiger partial charge in [0.15, 0.2) is 0 Å². The summed E-state index contributed by atoms with van der Waals surface area (Å²) in [5, 5.41) is 11.0. The van der Waals surface area contributed by atoms with E-state index in [0.29, 0.717) is 5.52 Å². The molecule has 0 atom stereocenters. The number of fused-ring (bicyclic) bond motifs is 1. The normalized spacial score (nSPS) is 10.6. The molecule has 0 aliphatic heterocycles. The topological polar surface area (TPSA) is 40.9 Å². The number of nitrogens with zero attached hydrogens (tertiary/aromatic N) is 2. The van der Waals surface area contributed by atoms with E-state index in [4.69, 9.17) is 0 Å². The molecule has 0 unspecified atom stereocenters. The van der Waals surface area contributed by atoms with E-state index in [1.165, 1.54) is 6.33 Å². The molecule has 11 heavy (non-hydrogen) atoms. The van der Waals surface area contributed by atoms with Crippen molar-refractivity contribution < 1.29 is 0 Å². The lowest BCUT2D eigenvalue weighted by molar-refractivity contribution is 1.11. The van der Waals surface area contributed by atoms with Crippen LogP contribution >= 0.6 is 0 Å². The molecule has 0 saturated heterocycles. The molecule has 0 aliphatic rings. The van der Waals surface area contributed by atoms with Gasteiger partial charge in [0.25, 0.3) is 0 Å². The molecule has 1 aromatic carbocycles. The van der Waals surface area contributed by atoms with Crippen molar-refractivity contribution in [1.29, 1.82) is 0 Å². The summed E-state index contributed by atoms with van der Waals surface area (Å²) >= 11 is 0. The van der Waals surface area contributed by atoms with Crippen molar-refractivity contribution in [3.63, 3.8) is 0 Å². The zero-order valence-corrected chi connectivity index (χ0v) is 6.11. The molecule has 2 rings (SSSR count). The van der Waals surface area contributed by atoms with Gasteiger partial charge < -0.3 is 9.94 Å². The van der Waals surface area contributed by atoms with Crippen LogP contribution in [0.5, 0.6) is 0 Å². The molecule has 0 saturated carbocycles. The molecule has 0 bridgehead atoms. The molecule has 1 aromatic heterocycles. The monoisotopic (exact) mass is 147 g/mol. The van der Waals surface area contributed by atoms with Crippen LogP contribution in [0.4, 0.5) is 0 Å². The largest absolute Gasteiger partial charge is 0.805 e. The lowest BCUT2D eigenvalue weighted by Gasteiger charge is -2.05. The second-order valence-electron chi connectivity index (χ2n) is 2.51. The first-order valence-corrected chi connectivity index (χ1v) is 3.39. The maximum Gasteiger partial charge on any atom is 0.0911 e. The van der Waals surface area contributed by atoms with Crippen LogP contribution in [0.15, 0.2) is 24.5 Å². The van der Waals surface area contributed by atoms with Gasteiger partial charge in [-0.1, -0.05) is 12.1 Å². The van der Waals surface area contributed by atoms with E-state index in [1.54, 1.807) is 6.07 Å². The molecule has 0 spiro atoms. The molecule has 2 aromatic rings. The third-order valence-electron chi connectivity index (χ3n) is 1.75. The fourth-order valence-electron chi connectivity index (χ4n) is 1.16. The zero-order chi connectivity index (χ0) is 7.84. The van der Waals surface area contributed by atoms with E-state index >= 15 is 0 Å². The van der Waals surface area contributed by atoms with Crippen LogP contribution in [-0.4, -0.2) is 9.71 Å². The van der Waals surface area contributed by atoms with Crippen molar-refractivity contribution in [2.24, 2.45) is 0 Å². The summed E-state index contributed by atoms with van der Waals surface area (Å²) in [4.78, 5) is 3.97. The Morgan fingerprint density at radius 1 is 1.45 bits per heavy atom. The Bertz CT molecular complexity index is 392. The highest BCUT2D eigenvalue weighted by atomic mass is 16.5. The van der Waals surface area contributed by atoms with Gasteiger partial charge in [-0.15, -0.1) is 0 Å². The van der Waals surface area contributed by atoms with Gasteiger partial charge in [0, 0.05) is 0 Å². The Balaban J connectivity index is 2.94. The molecule has 3 nitrogen and oxygen atoms in total. The Kier molecular flexibility index (Phi) is 1.12. The highest BCUT2D eigenvalue weighted by molar-refractivity contribution is 5.78. The quantitative estimate of drug-likeness (QED) is 0.569. The van der Waals surface area contributed by atoms with Crippen LogP contribution in [0.3, 0.4) is 0 Å². The van der Waals surface area contributed by atoms with Gasteiger partial charge >= 0.3 is 0 Å². The standard InChI is InChI=1S/C8H7N2O/c1-6-3-2-4-7-8(6)9-5-10(7)11/h2-5H,1H3/q-1. The number of aromatic nitrogens is 2. The molecule has 56 valence electrons. The van der Waals surface area contributed by atoms with E-state index in [1.807, 2.05) is 19.1 Å². The fraction of sp³-hybridized carbons (Fsp3) is 0.125. The van der Waals surface area contributed by atoms with Crippen LogP contribution in [0.2, 0.25) is 0 Å². The van der Waals surface area contributed by atoms with Gasteiger partial charge in [0.1, 0.15) is 0 Å². The number of para-hydroxylation sites is 1. The van der Waals surface area contributed by atoms with E-state index in [2.05, 4.69) is 4.98 Å². The van der Waals surface area contributed by atoms with Gasteiger partial charge in [-0.25, -0.2) is 4.98 Å². The number of hydrogen-bond acceptors (Lipinski definition) is 2. The summed E-state index contributed by atoms with van der Waals surface area (Å²) in [6.45, 7) is 1.94. The van der Waals surface area contributed by atoms with Gasteiger partial charge in [0.2, 0.25) is 0 Å². The molecule has 0 fully saturated rings. The summed E-state index contributed by atoms with van der Waals surface area (Å²) in [7, 11) is 0. The minimum absolute atomic E-state index is 0.644. The van der Waals surface area contributed by atoms with Crippen molar-refractivity contribution >= 4 is 11.0 Å². The molecule has 0 radical (unpaired) electrons. The number of hydrogen-bond donors (Lipinski definition) is 0. The summed E-state index contributed by atoms with van der Waals surface area (Å²) in [5.74, 6) is 0. The third kappa shape index (κ3) is 0.774. The van der Waals surface area contributed by atoms with Crippen molar-refractivity contribution in [1.82, 2.24) is 9.71 Å². The zero-order valence-electron chi connectivity index (χ0n) is 6.11. The molecule has 3 heteroatoms. The molecule has 0 N–H and O–H groups in total. The van der Waals surface area contributed by atoms with E-state index in [9.17, 15) is 5.21 Å². The van der Waals surface area contributed by atoms with E-state index in [-0.39, 0.29) is 0 Å². The third-order valence-corrected chi connectivity index (χ3v) is 1.75. The Labute approximate surface area is 63.9 Å². The van der Waals surface area contributed by atoms with Gasteiger partial charge in [0.05, 0.1) is 17.4 Å². The predicted molar refractivity (Wildman–Crippen MR) is 43.2 cm³/mol. The SMILES string of the molecule is Cc1cccc2c1ncn2[O-]. The number of aryl methyl sites for hydroxylation is 1. The minimum Gasteiger partial charge on any atom is -0.805 e. The molecule has 0 amide bonds. The van der Waals surface area contributed by atoms with Crippen LogP contribution < -0.4 is 0 Å². The maximum atomic E-state index is 11.0. The van der Waals surface area contributed by atoms with Crippen LogP contribution in [0.25, 0.3) is 11.0 Å². The van der Waals surface area contributed by atoms with Crippen molar-refractivity contribution in [3.8, 4) is 0 Å². The predicted octanol–water partition coefficient (Wildman–Crippen LogP) is 1.69. The molecular formula is C8H7N2O-. The molecule has 0 aliphatic carbocycles. The summed E-state index contributed by atoms with van der Waals surface area (Å²) in [6.07, 6.45) is 1.29. The number of imidazole rings is 1. The van der Waals surface area contributed by atoms with Gasteiger partial charge in [-0.2, -0.15) is 0 Å². The number of benzene rings is 1. The van der Waals surface area contributed by atoms with E-state index in [0.717, 1.165) is 15.8 Å². The summed E-state index contributed by atoms with van der Waals surface area (Å²) in [6, 6.07) is 5.56. The Morgan fingerprint density at radius 3 is 3.00 bits per heavy atom. The van der Waals surface area contributed by atoms with Crippen molar-refractivity contribution in [3.05, 3.63) is 35.3 Å². The van der Waals surface area contributed by atoms with Crippen molar-refractivity contribution in [2.45, 2.75) is 6.92 Å². The average Bonchev–Trinajstić information content (AvgIpc) is 2.35. The Morgan fingerprint density at radius 2 is 2.27 bits per heavy atom. The van der Waals surface area contributed by atoms with Crippen LogP contribution in [0, 0.1) is 12.1 Å². The average molecular weight is 147 g/mol. The molecule has 1 heterocycles. The first-order valence-electron chi connectivity index (χ1n) is 3.39. The summed E-state index contributed by atoms with van der Waals surface area (Å²) < 4.78 is 0.780. The lowest BCUT2D eigenvalue weighted by Crippen LogP contribution is -1.81. The van der Waals surface area contributed by atoms with Crippen LogP contribution in [0.1, 0.15) is 5.56 Å². The van der Waals surface area contributed by atoms with E-state index < -0.39 is 0 Å². The van der Waals surface area contributed by atoms with Crippen molar-refractivity contribution in [2.75, 3.05) is 0 Å². The number of rotatable bonds is 0. The molecular weight excluding hydrogens is 140 g/mol. The second-order valence-corrected chi connectivity index (χ2v) is 2.51. The highest BCUT2D eigenvalue weighted by Crippen LogP contribution is 2.14. The minimum atomic E-state index is 0.644. The smallest absolute Gasteiger partial charge is 0.0911 e. The lowest BCUT2D eigenvalue weighted by atomic mass is 10.2. The first-order chi connectivity index (χ1) is 5.29. The Hall–Kier alpha value is -1.51. The highest BCUT2D eigenvalue weighted by Gasteiger charge is 1.97. The maximum absolute atomic E-state index is 11.0. The van der Waals surface area contributed by atoms with Gasteiger partial charge in [-0.3, -0.25) is 0 Å². The fourth-order valence-corrected chi connectivity index (χ4v) is 1.16. The summed E-state index contributed by atoms with van der Waals surface area (Å²) in [5.41, 5.74) is 2.48.